The number of nitrogens with zero attached hydrogens (tertiary/aromatic N) is 5. The largest absolute Gasteiger partial charge is 0.378 e. The predicted octanol–water partition coefficient (Wildman–Crippen LogP) is 4.07. The molecule has 208 valence electrons. The van der Waals surface area contributed by atoms with Gasteiger partial charge in [0.15, 0.2) is 5.65 Å². The van der Waals surface area contributed by atoms with E-state index in [2.05, 4.69) is 60.0 Å². The summed E-state index contributed by atoms with van der Waals surface area (Å²) in [6.45, 7) is 10.3. The molecule has 40 heavy (non-hydrogen) atoms. The summed E-state index contributed by atoms with van der Waals surface area (Å²) < 4.78 is 5.41. The lowest BCUT2D eigenvalue weighted by atomic mass is 9.82. The molecule has 1 aromatic carbocycles. The number of nitrogens with one attached hydrogen (secondary N) is 1. The number of ether oxygens (including phenoxy) is 1. The van der Waals surface area contributed by atoms with E-state index in [4.69, 9.17) is 14.7 Å². The van der Waals surface area contributed by atoms with Gasteiger partial charge >= 0.3 is 0 Å². The Morgan fingerprint density at radius 2 is 2.00 bits per heavy atom. The summed E-state index contributed by atoms with van der Waals surface area (Å²) in [4.78, 5) is 33.3. The Hall–Kier alpha value is -3.49. The zero-order valence-electron chi connectivity index (χ0n) is 23.7. The van der Waals surface area contributed by atoms with Crippen LogP contribution >= 0.6 is 0 Å². The number of hydrogen-bond donors (Lipinski definition) is 1. The molecule has 1 amide bonds. The Morgan fingerprint density at radius 3 is 2.83 bits per heavy atom. The zero-order chi connectivity index (χ0) is 27.4. The molecule has 8 nitrogen and oxygen atoms in total. The first-order valence-electron chi connectivity index (χ1n) is 14.7. The second kappa shape index (κ2) is 10.2. The number of aryl methyl sites for hydroxylation is 2. The van der Waals surface area contributed by atoms with Crippen molar-refractivity contribution in [2.75, 3.05) is 57.9 Å². The van der Waals surface area contributed by atoms with Gasteiger partial charge in [-0.1, -0.05) is 25.2 Å². The number of likely N-dealkylation sites (N-methyl/N-ethyl adjacent to an activating group) is 1. The maximum atomic E-state index is 13.0. The van der Waals surface area contributed by atoms with Crippen LogP contribution < -0.4 is 4.90 Å². The molecule has 2 aromatic heterocycles. The molecule has 0 saturated carbocycles. The van der Waals surface area contributed by atoms with Gasteiger partial charge in [-0.2, -0.15) is 0 Å². The number of anilines is 1. The number of aromatic nitrogens is 3. The van der Waals surface area contributed by atoms with Gasteiger partial charge in [0, 0.05) is 73.3 Å². The third-order valence-electron chi connectivity index (χ3n) is 9.20. The molecular formula is C32H38N6O2. The van der Waals surface area contributed by atoms with Crippen molar-refractivity contribution >= 4 is 22.8 Å². The van der Waals surface area contributed by atoms with Gasteiger partial charge in [-0.05, 0) is 56.0 Å². The van der Waals surface area contributed by atoms with Crippen LogP contribution in [0, 0.1) is 12.8 Å². The highest BCUT2D eigenvalue weighted by Crippen LogP contribution is 2.39. The monoisotopic (exact) mass is 538 g/mol. The number of H-pyrrole nitrogens is 1. The molecule has 0 radical (unpaired) electrons. The van der Waals surface area contributed by atoms with Gasteiger partial charge in [0.25, 0.3) is 5.91 Å². The molecule has 3 atom stereocenters. The van der Waals surface area contributed by atoms with Gasteiger partial charge in [0.05, 0.1) is 25.1 Å². The van der Waals surface area contributed by atoms with Gasteiger partial charge in [-0.15, -0.1) is 0 Å². The summed E-state index contributed by atoms with van der Waals surface area (Å²) >= 11 is 0. The summed E-state index contributed by atoms with van der Waals surface area (Å²) in [6, 6.07) is 5.24. The molecule has 1 aliphatic carbocycles. The van der Waals surface area contributed by atoms with Crippen LogP contribution in [0.3, 0.4) is 0 Å². The minimum absolute atomic E-state index is 0.0940. The van der Waals surface area contributed by atoms with Crippen LogP contribution in [0.2, 0.25) is 0 Å². The number of carbonyl (C=O) groups is 1. The number of rotatable bonds is 3. The average Bonchev–Trinajstić information content (AvgIpc) is 3.40. The molecule has 2 saturated heterocycles. The average molecular weight is 539 g/mol. The van der Waals surface area contributed by atoms with Crippen molar-refractivity contribution in [3.63, 3.8) is 0 Å². The van der Waals surface area contributed by atoms with Crippen molar-refractivity contribution in [2.45, 2.75) is 38.6 Å². The molecule has 0 bridgehead atoms. The SMILES string of the molecule is Cc1cc(-c2cnc3[nH]cc(C4C=CC(C(=O)N5CCOCC5)=CC4C)c3n2)cc2c1N1CCN(C)C[C@H]1CC2. The number of hydrogen-bond acceptors (Lipinski definition) is 6. The van der Waals surface area contributed by atoms with Gasteiger partial charge in [0.2, 0.25) is 0 Å². The minimum atomic E-state index is 0.0940. The summed E-state index contributed by atoms with van der Waals surface area (Å²) in [5, 5.41) is 0. The third-order valence-corrected chi connectivity index (χ3v) is 9.20. The highest BCUT2D eigenvalue weighted by Gasteiger charge is 2.32. The Labute approximate surface area is 235 Å². The van der Waals surface area contributed by atoms with E-state index >= 15 is 0 Å². The molecular weight excluding hydrogens is 500 g/mol. The quantitative estimate of drug-likeness (QED) is 0.542. The number of carbonyl (C=O) groups excluding carboxylic acids is 1. The summed E-state index contributed by atoms with van der Waals surface area (Å²) in [5.74, 6) is 0.382. The van der Waals surface area contributed by atoms with Crippen LogP contribution in [-0.2, 0) is 16.0 Å². The first kappa shape index (κ1) is 25.5. The van der Waals surface area contributed by atoms with Crippen LogP contribution in [0.25, 0.3) is 22.4 Å². The summed E-state index contributed by atoms with van der Waals surface area (Å²) in [6.07, 6.45) is 12.5. The fraction of sp³-hybridized carbons (Fsp3) is 0.469. The van der Waals surface area contributed by atoms with Crippen molar-refractivity contribution in [1.82, 2.24) is 24.8 Å². The summed E-state index contributed by atoms with van der Waals surface area (Å²) in [5.41, 5.74) is 9.82. The first-order chi connectivity index (χ1) is 19.5. The maximum absolute atomic E-state index is 13.0. The minimum Gasteiger partial charge on any atom is -0.378 e. The second-order valence-electron chi connectivity index (χ2n) is 11.9. The van der Waals surface area contributed by atoms with Crippen LogP contribution in [0.1, 0.15) is 36.0 Å². The van der Waals surface area contributed by atoms with Crippen molar-refractivity contribution in [2.24, 2.45) is 5.92 Å². The molecule has 5 heterocycles. The number of fused-ring (bicyclic) bond motifs is 4. The van der Waals surface area contributed by atoms with Crippen LogP contribution in [0.4, 0.5) is 5.69 Å². The predicted molar refractivity (Wildman–Crippen MR) is 158 cm³/mol. The lowest BCUT2D eigenvalue weighted by molar-refractivity contribution is -0.130. The van der Waals surface area contributed by atoms with Crippen molar-refractivity contribution in [3.8, 4) is 11.3 Å². The van der Waals surface area contributed by atoms with Gasteiger partial charge in [0.1, 0.15) is 5.52 Å². The highest BCUT2D eigenvalue weighted by atomic mass is 16.5. The van der Waals surface area contributed by atoms with E-state index < -0.39 is 0 Å². The standard InChI is InChI=1S/C32H38N6O2/c1-20-14-23(32(39)37-10-12-40-13-11-37)5-7-26(20)27-17-33-31-29(27)35-28(18-34-31)24-15-21(2)30-22(16-24)4-6-25-19-36(3)8-9-38(25)30/h5,7,14-18,20,25-26H,4,6,8-13,19H2,1-3H3,(H,33,34)/t20?,25-,26?/m1/s1. The molecule has 1 N–H and O–H groups in total. The summed E-state index contributed by atoms with van der Waals surface area (Å²) in [7, 11) is 2.23. The number of amides is 1. The Morgan fingerprint density at radius 1 is 1.15 bits per heavy atom. The van der Waals surface area contributed by atoms with Crippen molar-refractivity contribution in [1.29, 1.82) is 0 Å². The van der Waals surface area contributed by atoms with E-state index in [0.29, 0.717) is 32.3 Å². The Bertz CT molecular complexity index is 1520. The number of morpholine rings is 1. The second-order valence-corrected chi connectivity index (χ2v) is 11.9. The molecule has 2 unspecified atom stereocenters. The molecule has 7 rings (SSSR count). The third kappa shape index (κ3) is 4.43. The topological polar surface area (TPSA) is 77.6 Å². The van der Waals surface area contributed by atoms with E-state index in [0.717, 1.165) is 59.6 Å². The Kier molecular flexibility index (Phi) is 6.47. The van der Waals surface area contributed by atoms with Gasteiger partial charge < -0.3 is 24.4 Å². The van der Waals surface area contributed by atoms with Crippen LogP contribution in [0.15, 0.2) is 48.3 Å². The molecule has 4 aliphatic rings. The van der Waals surface area contributed by atoms with E-state index in [1.165, 1.54) is 23.2 Å². The number of benzene rings is 1. The number of piperazine rings is 1. The first-order valence-corrected chi connectivity index (χ1v) is 14.7. The maximum Gasteiger partial charge on any atom is 0.253 e. The van der Waals surface area contributed by atoms with Crippen LogP contribution in [-0.4, -0.2) is 89.7 Å². The van der Waals surface area contributed by atoms with E-state index in [1.807, 2.05) is 23.4 Å². The van der Waals surface area contributed by atoms with Crippen LogP contribution in [0.5, 0.6) is 0 Å². The van der Waals surface area contributed by atoms with Crippen molar-refractivity contribution in [3.05, 3.63) is 65.0 Å². The lowest BCUT2D eigenvalue weighted by Gasteiger charge is -2.46. The molecule has 8 heteroatoms. The fourth-order valence-electron chi connectivity index (χ4n) is 7.08. The zero-order valence-corrected chi connectivity index (χ0v) is 23.7. The molecule has 3 aromatic rings. The van der Waals surface area contributed by atoms with E-state index in [9.17, 15) is 4.79 Å². The molecule has 2 fully saturated rings. The van der Waals surface area contributed by atoms with Gasteiger partial charge in [-0.3, -0.25) is 4.79 Å². The van der Waals surface area contributed by atoms with Crippen molar-refractivity contribution < 1.29 is 9.53 Å². The number of aromatic amines is 1. The lowest BCUT2D eigenvalue weighted by Crippen LogP contribution is -2.54. The number of allylic oxidation sites excluding steroid dienone is 2. The van der Waals surface area contributed by atoms with E-state index in [1.54, 1.807) is 0 Å². The molecule has 0 spiro atoms. The molecule has 3 aliphatic heterocycles. The normalized spacial score (nSPS) is 25.1. The Balaban J connectivity index is 1.17. The highest BCUT2D eigenvalue weighted by molar-refractivity contribution is 5.96. The smallest absolute Gasteiger partial charge is 0.253 e. The fourth-order valence-corrected chi connectivity index (χ4v) is 7.08. The van der Waals surface area contributed by atoms with E-state index in [-0.39, 0.29) is 17.7 Å². The van der Waals surface area contributed by atoms with Gasteiger partial charge in [-0.25, -0.2) is 9.97 Å².